The van der Waals surface area contributed by atoms with E-state index in [1.807, 2.05) is 11.8 Å². The lowest BCUT2D eigenvalue weighted by Gasteiger charge is -2.23. The molecule has 1 aromatic rings. The Hall–Kier alpha value is -1.36. The molecule has 18 heavy (non-hydrogen) atoms. The predicted molar refractivity (Wildman–Crippen MR) is 64.2 cm³/mol. The van der Waals surface area contributed by atoms with Crippen molar-refractivity contribution in [2.75, 3.05) is 19.8 Å². The number of aryl methyl sites for hydroxylation is 1. The molecule has 0 N–H and O–H groups in total. The van der Waals surface area contributed by atoms with E-state index in [0.717, 1.165) is 44.7 Å². The molecule has 5 heteroatoms. The zero-order valence-electron chi connectivity index (χ0n) is 10.6. The summed E-state index contributed by atoms with van der Waals surface area (Å²) in [5.74, 6) is 0.807. The number of aromatic nitrogens is 1. The van der Waals surface area contributed by atoms with Gasteiger partial charge in [0.2, 0.25) is 5.76 Å². The molecule has 1 atom stereocenters. The highest BCUT2D eigenvalue weighted by Crippen LogP contribution is 2.30. The molecular weight excluding hydrogens is 232 g/mol. The van der Waals surface area contributed by atoms with Gasteiger partial charge in [-0.25, -0.2) is 0 Å². The van der Waals surface area contributed by atoms with Crippen LogP contribution in [0.3, 0.4) is 0 Å². The first-order valence-corrected chi connectivity index (χ1v) is 6.56. The van der Waals surface area contributed by atoms with Crippen molar-refractivity contribution < 1.29 is 14.1 Å². The zero-order chi connectivity index (χ0) is 12.5. The third kappa shape index (κ3) is 2.41. The molecule has 0 radical (unpaired) electrons. The minimum Gasteiger partial charge on any atom is -0.381 e. The van der Waals surface area contributed by atoms with Crippen LogP contribution >= 0.6 is 0 Å². The molecule has 1 amide bonds. The van der Waals surface area contributed by atoms with Gasteiger partial charge in [0.1, 0.15) is 0 Å². The van der Waals surface area contributed by atoms with Crippen LogP contribution < -0.4 is 0 Å². The highest BCUT2D eigenvalue weighted by atomic mass is 16.5. The molecule has 1 aliphatic heterocycles. The molecule has 5 nitrogen and oxygen atoms in total. The number of carbonyl (C=O) groups is 1. The molecule has 0 bridgehead atoms. The quantitative estimate of drug-likeness (QED) is 0.815. The van der Waals surface area contributed by atoms with Crippen LogP contribution in [-0.2, 0) is 4.74 Å². The van der Waals surface area contributed by atoms with Crippen molar-refractivity contribution in [3.63, 3.8) is 0 Å². The Balaban J connectivity index is 1.70. The number of amides is 1. The van der Waals surface area contributed by atoms with Gasteiger partial charge in [0.05, 0.1) is 12.3 Å². The summed E-state index contributed by atoms with van der Waals surface area (Å²) >= 11 is 0. The first kappa shape index (κ1) is 11.7. The van der Waals surface area contributed by atoms with E-state index in [0.29, 0.717) is 17.7 Å². The molecule has 1 saturated carbocycles. The van der Waals surface area contributed by atoms with Gasteiger partial charge in [0.25, 0.3) is 5.91 Å². The number of carbonyl (C=O) groups excluding carboxylic acids is 1. The monoisotopic (exact) mass is 250 g/mol. The third-order valence-electron chi connectivity index (χ3n) is 3.57. The van der Waals surface area contributed by atoms with Gasteiger partial charge in [-0.3, -0.25) is 4.79 Å². The molecule has 1 aliphatic carbocycles. The summed E-state index contributed by atoms with van der Waals surface area (Å²) in [4.78, 5) is 14.3. The fraction of sp³-hybridized carbons (Fsp3) is 0.692. The van der Waals surface area contributed by atoms with Crippen LogP contribution in [-0.4, -0.2) is 41.8 Å². The molecule has 0 aromatic carbocycles. The van der Waals surface area contributed by atoms with Gasteiger partial charge in [0, 0.05) is 31.2 Å². The van der Waals surface area contributed by atoms with Gasteiger partial charge >= 0.3 is 0 Å². The fourth-order valence-corrected chi connectivity index (χ4v) is 2.40. The molecule has 1 saturated heterocycles. The van der Waals surface area contributed by atoms with Gasteiger partial charge < -0.3 is 14.2 Å². The Labute approximate surface area is 106 Å². The van der Waals surface area contributed by atoms with E-state index in [1.165, 1.54) is 0 Å². The van der Waals surface area contributed by atoms with Crippen molar-refractivity contribution in [3.8, 4) is 0 Å². The van der Waals surface area contributed by atoms with Crippen LogP contribution in [0, 0.1) is 12.8 Å². The van der Waals surface area contributed by atoms with E-state index in [2.05, 4.69) is 5.16 Å². The minimum atomic E-state index is -0.0231. The maximum atomic E-state index is 12.4. The van der Waals surface area contributed by atoms with Crippen LogP contribution in [0.1, 0.15) is 35.5 Å². The minimum absolute atomic E-state index is 0.0231. The molecule has 2 aliphatic rings. The summed E-state index contributed by atoms with van der Waals surface area (Å²) in [5.41, 5.74) is 0.748. The lowest BCUT2D eigenvalue weighted by Crippen LogP contribution is -2.37. The first-order chi connectivity index (χ1) is 8.74. The Kier molecular flexibility index (Phi) is 3.07. The van der Waals surface area contributed by atoms with E-state index in [-0.39, 0.29) is 5.91 Å². The Bertz CT molecular complexity index is 433. The molecule has 3 rings (SSSR count). The second-order valence-corrected chi connectivity index (χ2v) is 5.25. The van der Waals surface area contributed by atoms with Gasteiger partial charge in [0.15, 0.2) is 0 Å². The van der Waals surface area contributed by atoms with Gasteiger partial charge in [-0.1, -0.05) is 5.16 Å². The summed E-state index contributed by atoms with van der Waals surface area (Å²) in [5, 5.41) is 3.78. The normalized spacial score (nSPS) is 23.3. The van der Waals surface area contributed by atoms with E-state index in [1.54, 1.807) is 6.07 Å². The Morgan fingerprint density at radius 3 is 2.89 bits per heavy atom. The lowest BCUT2D eigenvalue weighted by molar-refractivity contribution is 0.0664. The number of hydrogen-bond acceptors (Lipinski definition) is 4. The highest BCUT2D eigenvalue weighted by molar-refractivity contribution is 5.91. The van der Waals surface area contributed by atoms with Crippen LogP contribution in [0.25, 0.3) is 0 Å². The molecule has 1 unspecified atom stereocenters. The van der Waals surface area contributed by atoms with E-state index >= 15 is 0 Å². The molecule has 2 heterocycles. The van der Waals surface area contributed by atoms with E-state index in [9.17, 15) is 4.79 Å². The largest absolute Gasteiger partial charge is 0.381 e. The average molecular weight is 250 g/mol. The number of rotatable bonds is 4. The molecule has 2 fully saturated rings. The Morgan fingerprint density at radius 2 is 2.33 bits per heavy atom. The smallest absolute Gasteiger partial charge is 0.292 e. The molecule has 98 valence electrons. The van der Waals surface area contributed by atoms with Crippen molar-refractivity contribution in [1.82, 2.24) is 10.1 Å². The Morgan fingerprint density at radius 1 is 1.50 bits per heavy atom. The van der Waals surface area contributed by atoms with Crippen LogP contribution in [0.15, 0.2) is 10.6 Å². The summed E-state index contributed by atoms with van der Waals surface area (Å²) in [7, 11) is 0. The van der Waals surface area contributed by atoms with Crippen molar-refractivity contribution in [2.24, 2.45) is 5.92 Å². The standard InChI is InChI=1S/C13H18N2O3/c1-9-6-12(18-14-9)13(16)15(11-2-3-11)7-10-4-5-17-8-10/h6,10-11H,2-5,7-8H2,1H3. The number of hydrogen-bond donors (Lipinski definition) is 0. The molecule has 1 aromatic heterocycles. The van der Waals surface area contributed by atoms with Gasteiger partial charge in [-0.15, -0.1) is 0 Å². The summed E-state index contributed by atoms with van der Waals surface area (Å²) in [6.45, 7) is 4.19. The summed E-state index contributed by atoms with van der Waals surface area (Å²) in [6.07, 6.45) is 3.25. The van der Waals surface area contributed by atoms with Crippen LogP contribution in [0.4, 0.5) is 0 Å². The van der Waals surface area contributed by atoms with Crippen molar-refractivity contribution in [3.05, 3.63) is 17.5 Å². The van der Waals surface area contributed by atoms with Crippen LogP contribution in [0.2, 0.25) is 0 Å². The number of nitrogens with zero attached hydrogens (tertiary/aromatic N) is 2. The molecule has 0 spiro atoms. The van der Waals surface area contributed by atoms with Gasteiger partial charge in [-0.05, 0) is 26.2 Å². The second-order valence-electron chi connectivity index (χ2n) is 5.25. The lowest BCUT2D eigenvalue weighted by atomic mass is 10.1. The number of ether oxygens (including phenoxy) is 1. The van der Waals surface area contributed by atoms with Crippen molar-refractivity contribution in [1.29, 1.82) is 0 Å². The topological polar surface area (TPSA) is 55.6 Å². The summed E-state index contributed by atoms with van der Waals surface area (Å²) in [6, 6.07) is 2.10. The van der Waals surface area contributed by atoms with E-state index < -0.39 is 0 Å². The van der Waals surface area contributed by atoms with Crippen molar-refractivity contribution in [2.45, 2.75) is 32.2 Å². The average Bonchev–Trinajstić information content (AvgIpc) is 2.88. The summed E-state index contributed by atoms with van der Waals surface area (Å²) < 4.78 is 10.5. The van der Waals surface area contributed by atoms with Gasteiger partial charge in [-0.2, -0.15) is 0 Å². The maximum absolute atomic E-state index is 12.4. The predicted octanol–water partition coefficient (Wildman–Crippen LogP) is 1.62. The maximum Gasteiger partial charge on any atom is 0.292 e. The highest BCUT2D eigenvalue weighted by Gasteiger charge is 2.36. The van der Waals surface area contributed by atoms with Crippen molar-refractivity contribution >= 4 is 5.91 Å². The SMILES string of the molecule is Cc1cc(C(=O)N(CC2CCOC2)C2CC2)on1. The second kappa shape index (κ2) is 4.72. The third-order valence-corrected chi connectivity index (χ3v) is 3.57. The fourth-order valence-electron chi connectivity index (χ4n) is 2.40. The van der Waals surface area contributed by atoms with E-state index in [4.69, 9.17) is 9.26 Å². The zero-order valence-corrected chi connectivity index (χ0v) is 10.6. The first-order valence-electron chi connectivity index (χ1n) is 6.56. The molecular formula is C13H18N2O3. The van der Waals surface area contributed by atoms with Crippen LogP contribution in [0.5, 0.6) is 0 Å².